The van der Waals surface area contributed by atoms with Gasteiger partial charge in [0.1, 0.15) is 5.60 Å². The van der Waals surface area contributed by atoms with Gasteiger partial charge in [0.25, 0.3) is 0 Å². The fraction of sp³-hybridized carbons (Fsp3) is 0.188. The second-order valence-corrected chi connectivity index (χ2v) is 5.18. The number of Topliss-reactive ketones (excluding diaryl/α,β-unsaturated/α-hetero) is 1. The number of rotatable bonds is 4. The third-order valence-electron chi connectivity index (χ3n) is 3.45. The first-order valence-electron chi connectivity index (χ1n) is 6.16. The Balaban J connectivity index is 1.88. The highest BCUT2D eigenvalue weighted by atomic mass is 79.9. The maximum Gasteiger partial charge on any atom is 0.194 e. The molecule has 2 aromatic rings. The highest BCUT2D eigenvalue weighted by molar-refractivity contribution is 9.09. The first-order valence-corrected chi connectivity index (χ1v) is 7.28. The molecule has 0 spiro atoms. The molecular formula is C16H13BrO2. The zero-order valence-electron chi connectivity index (χ0n) is 10.3. The predicted octanol–water partition coefficient (Wildman–Crippen LogP) is 3.56. The summed E-state index contributed by atoms with van der Waals surface area (Å²) >= 11 is 3.47. The molecule has 96 valence electrons. The Labute approximate surface area is 120 Å². The summed E-state index contributed by atoms with van der Waals surface area (Å²) in [6, 6.07) is 19.2. The molecule has 2 atom stereocenters. The van der Waals surface area contributed by atoms with Gasteiger partial charge in [-0.15, -0.1) is 0 Å². The van der Waals surface area contributed by atoms with Crippen LogP contribution in [0.15, 0.2) is 60.7 Å². The van der Waals surface area contributed by atoms with E-state index in [1.54, 1.807) is 0 Å². The van der Waals surface area contributed by atoms with Gasteiger partial charge in [0.05, 0.1) is 0 Å². The minimum Gasteiger partial charge on any atom is -0.351 e. The topological polar surface area (TPSA) is 29.6 Å². The summed E-state index contributed by atoms with van der Waals surface area (Å²) in [5, 5.41) is 0.618. The van der Waals surface area contributed by atoms with Crippen LogP contribution in [0.25, 0.3) is 0 Å². The summed E-state index contributed by atoms with van der Waals surface area (Å²) in [6.07, 6.45) is -0.392. The standard InChI is InChI=1S/C16H13BrO2/c17-11-16(13-9-5-2-6-10-13)15(19-16)14(18)12-7-3-1-4-8-12/h1-10,15H,11H2/t15-,16+/m0/s1. The van der Waals surface area contributed by atoms with Gasteiger partial charge >= 0.3 is 0 Å². The van der Waals surface area contributed by atoms with Crippen molar-refractivity contribution in [2.24, 2.45) is 0 Å². The minimum absolute atomic E-state index is 0.0453. The second-order valence-electron chi connectivity index (χ2n) is 4.62. The average Bonchev–Trinajstić information content (AvgIpc) is 3.24. The quantitative estimate of drug-likeness (QED) is 0.490. The summed E-state index contributed by atoms with van der Waals surface area (Å²) < 4.78 is 5.76. The van der Waals surface area contributed by atoms with Crippen LogP contribution in [0.2, 0.25) is 0 Å². The molecule has 1 fully saturated rings. The number of alkyl halides is 1. The fourth-order valence-corrected chi connectivity index (χ4v) is 3.06. The normalized spacial score (nSPS) is 25.0. The van der Waals surface area contributed by atoms with E-state index in [-0.39, 0.29) is 5.78 Å². The summed E-state index contributed by atoms with van der Waals surface area (Å²) in [4.78, 5) is 12.4. The van der Waals surface area contributed by atoms with Crippen molar-refractivity contribution in [3.63, 3.8) is 0 Å². The molecular weight excluding hydrogens is 304 g/mol. The van der Waals surface area contributed by atoms with E-state index in [0.717, 1.165) is 5.56 Å². The van der Waals surface area contributed by atoms with Gasteiger partial charge < -0.3 is 4.74 Å². The van der Waals surface area contributed by atoms with Crippen molar-refractivity contribution < 1.29 is 9.53 Å². The Morgan fingerprint density at radius 1 is 1.05 bits per heavy atom. The zero-order valence-corrected chi connectivity index (χ0v) is 11.8. The average molecular weight is 317 g/mol. The second kappa shape index (κ2) is 4.91. The van der Waals surface area contributed by atoms with Gasteiger partial charge in [-0.2, -0.15) is 0 Å². The first kappa shape index (κ1) is 12.6. The minimum atomic E-state index is -0.506. The smallest absolute Gasteiger partial charge is 0.194 e. The van der Waals surface area contributed by atoms with Crippen molar-refractivity contribution in [3.8, 4) is 0 Å². The van der Waals surface area contributed by atoms with Gasteiger partial charge in [-0.25, -0.2) is 0 Å². The van der Waals surface area contributed by atoms with Crippen LogP contribution in [-0.2, 0) is 10.3 Å². The number of benzene rings is 2. The number of hydrogen-bond acceptors (Lipinski definition) is 2. The first-order chi connectivity index (χ1) is 9.28. The highest BCUT2D eigenvalue weighted by Crippen LogP contribution is 2.48. The summed E-state index contributed by atoms with van der Waals surface area (Å²) in [6.45, 7) is 0. The van der Waals surface area contributed by atoms with Crippen LogP contribution in [0.5, 0.6) is 0 Å². The van der Waals surface area contributed by atoms with Crippen LogP contribution >= 0.6 is 15.9 Å². The SMILES string of the molecule is O=C(c1ccccc1)[C@@H]1O[C@]1(CBr)c1ccccc1. The Kier molecular flexibility index (Phi) is 3.25. The number of ketones is 1. The molecule has 1 heterocycles. The molecule has 0 aliphatic carbocycles. The summed E-state index contributed by atoms with van der Waals surface area (Å²) in [5.41, 5.74) is 1.24. The molecule has 0 radical (unpaired) electrons. The van der Waals surface area contributed by atoms with E-state index < -0.39 is 11.7 Å². The van der Waals surface area contributed by atoms with Crippen molar-refractivity contribution in [2.45, 2.75) is 11.7 Å². The van der Waals surface area contributed by atoms with Crippen molar-refractivity contribution in [1.29, 1.82) is 0 Å². The van der Waals surface area contributed by atoms with E-state index in [1.807, 2.05) is 60.7 Å². The van der Waals surface area contributed by atoms with Crippen LogP contribution < -0.4 is 0 Å². The Hall–Kier alpha value is -1.45. The zero-order chi connectivity index (χ0) is 13.3. The number of epoxide rings is 1. The molecule has 3 rings (SSSR count). The molecule has 1 aliphatic heterocycles. The lowest BCUT2D eigenvalue weighted by atomic mass is 9.93. The van der Waals surface area contributed by atoms with E-state index >= 15 is 0 Å². The van der Waals surface area contributed by atoms with Crippen molar-refractivity contribution in [3.05, 3.63) is 71.8 Å². The number of hydrogen-bond donors (Lipinski definition) is 0. The van der Waals surface area contributed by atoms with Crippen molar-refractivity contribution in [1.82, 2.24) is 0 Å². The van der Waals surface area contributed by atoms with E-state index in [2.05, 4.69) is 15.9 Å². The van der Waals surface area contributed by atoms with Crippen LogP contribution in [0, 0.1) is 0 Å². The van der Waals surface area contributed by atoms with E-state index in [0.29, 0.717) is 10.9 Å². The highest BCUT2D eigenvalue weighted by Gasteiger charge is 2.60. The van der Waals surface area contributed by atoms with E-state index in [9.17, 15) is 4.79 Å². The maximum absolute atomic E-state index is 12.4. The maximum atomic E-state index is 12.4. The third kappa shape index (κ3) is 2.13. The number of carbonyl (C=O) groups excluding carboxylic acids is 1. The van der Waals surface area contributed by atoms with Gasteiger partial charge in [0, 0.05) is 10.9 Å². The van der Waals surface area contributed by atoms with Crippen LogP contribution in [0.3, 0.4) is 0 Å². The molecule has 0 amide bonds. The van der Waals surface area contributed by atoms with Crippen molar-refractivity contribution >= 4 is 21.7 Å². The van der Waals surface area contributed by atoms with Gasteiger partial charge in [-0.05, 0) is 5.56 Å². The van der Waals surface area contributed by atoms with Crippen LogP contribution in [-0.4, -0.2) is 17.2 Å². The number of ether oxygens (including phenoxy) is 1. The van der Waals surface area contributed by atoms with E-state index in [4.69, 9.17) is 4.74 Å². The molecule has 0 aromatic heterocycles. The third-order valence-corrected chi connectivity index (χ3v) is 4.28. The molecule has 1 aliphatic rings. The Bertz CT molecular complexity index is 582. The molecule has 0 bridgehead atoms. The number of carbonyl (C=O) groups is 1. The van der Waals surface area contributed by atoms with Gasteiger partial charge in [-0.1, -0.05) is 76.6 Å². The molecule has 1 saturated heterocycles. The van der Waals surface area contributed by atoms with Crippen LogP contribution in [0.1, 0.15) is 15.9 Å². The lowest BCUT2D eigenvalue weighted by Crippen LogP contribution is -2.20. The lowest BCUT2D eigenvalue weighted by Gasteiger charge is -2.09. The van der Waals surface area contributed by atoms with E-state index in [1.165, 1.54) is 0 Å². The fourth-order valence-electron chi connectivity index (χ4n) is 2.31. The number of halogens is 1. The Morgan fingerprint density at radius 3 is 2.21 bits per heavy atom. The predicted molar refractivity (Wildman–Crippen MR) is 77.6 cm³/mol. The molecule has 2 nitrogen and oxygen atoms in total. The molecule has 0 unspecified atom stereocenters. The largest absolute Gasteiger partial charge is 0.351 e. The van der Waals surface area contributed by atoms with Gasteiger partial charge in [0.15, 0.2) is 11.9 Å². The molecule has 19 heavy (non-hydrogen) atoms. The Morgan fingerprint density at radius 2 is 1.63 bits per heavy atom. The molecule has 3 heteroatoms. The monoisotopic (exact) mass is 316 g/mol. The van der Waals surface area contributed by atoms with Crippen molar-refractivity contribution in [2.75, 3.05) is 5.33 Å². The lowest BCUT2D eigenvalue weighted by molar-refractivity contribution is 0.0953. The summed E-state index contributed by atoms with van der Waals surface area (Å²) in [5.74, 6) is 0.0453. The van der Waals surface area contributed by atoms with Gasteiger partial charge in [-0.3, -0.25) is 4.79 Å². The molecule has 0 N–H and O–H groups in total. The van der Waals surface area contributed by atoms with Crippen LogP contribution in [0.4, 0.5) is 0 Å². The van der Waals surface area contributed by atoms with Gasteiger partial charge in [0.2, 0.25) is 0 Å². The summed E-state index contributed by atoms with van der Waals surface area (Å²) in [7, 11) is 0. The molecule has 2 aromatic carbocycles. The molecule has 0 saturated carbocycles.